The minimum absolute atomic E-state index is 0.00513. The molecule has 9 nitrogen and oxygen atoms in total. The lowest BCUT2D eigenvalue weighted by atomic mass is 10.2. The molecule has 0 fully saturated rings. The van der Waals surface area contributed by atoms with Crippen molar-refractivity contribution < 1.29 is 32.4 Å². The Morgan fingerprint density at radius 1 is 1.17 bits per heavy atom. The fourth-order valence-electron chi connectivity index (χ4n) is 1.85. The van der Waals surface area contributed by atoms with Gasteiger partial charge in [0.1, 0.15) is 0 Å². The van der Waals surface area contributed by atoms with E-state index in [0.717, 1.165) is 19.3 Å². The average Bonchev–Trinajstić information content (AvgIpc) is 2.48. The molecule has 1 unspecified atom stereocenters. The first kappa shape index (κ1) is 20.8. The van der Waals surface area contributed by atoms with Crippen molar-refractivity contribution in [2.45, 2.75) is 25.7 Å². The van der Waals surface area contributed by atoms with Crippen LogP contribution in [0.4, 0.5) is 5.69 Å². The first-order valence-electron chi connectivity index (χ1n) is 7.22. The van der Waals surface area contributed by atoms with Gasteiger partial charge in [-0.25, -0.2) is 4.57 Å². The molecule has 0 aliphatic carbocycles. The van der Waals surface area contributed by atoms with Crippen molar-refractivity contribution in [1.82, 2.24) is 5.32 Å². The van der Waals surface area contributed by atoms with Crippen LogP contribution in [0.25, 0.3) is 0 Å². The molecule has 0 aromatic heterocycles. The Kier molecular flexibility index (Phi) is 9.12. The van der Waals surface area contributed by atoms with E-state index >= 15 is 0 Å². The number of carbonyl (C=O) groups excluding carboxylic acids is 1. The van der Waals surface area contributed by atoms with Gasteiger partial charge in [0, 0.05) is 29.1 Å². The molecule has 0 spiro atoms. The smallest absolute Gasteiger partial charge is 0.469 e. The summed E-state index contributed by atoms with van der Waals surface area (Å²) in [6.07, 6.45) is 2.80. The standard InChI is InChI=1S/C13H21N2O7PS/c16-13(11-5-7-12(8-6-11)15-24(20)21)14-9-3-1-2-4-10-22-23(17,18)19/h5-8,15H,1-4,9-10H2,(H,14,16)(H,20,21)(H2,17,18,19)/p-1. The third-order valence-corrected chi connectivity index (χ3v) is 3.89. The number of phosphoric acid groups is 1. The molecule has 0 saturated heterocycles. The number of hydrogen-bond donors (Lipinski definition) is 4. The highest BCUT2D eigenvalue weighted by Crippen LogP contribution is 2.35. The number of phosphoric ester groups is 1. The van der Waals surface area contributed by atoms with Crippen LogP contribution in [0, 0.1) is 0 Å². The quantitative estimate of drug-likeness (QED) is 0.257. The Morgan fingerprint density at radius 3 is 2.38 bits per heavy atom. The van der Waals surface area contributed by atoms with Crippen LogP contribution in [0.2, 0.25) is 0 Å². The molecule has 11 heteroatoms. The number of amides is 1. The summed E-state index contributed by atoms with van der Waals surface area (Å²) >= 11 is -2.40. The maximum Gasteiger partial charge on any atom is 0.469 e. The predicted molar refractivity (Wildman–Crippen MR) is 87.8 cm³/mol. The zero-order valence-corrected chi connectivity index (χ0v) is 14.6. The largest absolute Gasteiger partial charge is 0.755 e. The van der Waals surface area contributed by atoms with E-state index in [0.29, 0.717) is 24.2 Å². The molecule has 0 aliphatic rings. The maximum absolute atomic E-state index is 11.9. The first-order valence-corrected chi connectivity index (χ1v) is 9.83. The molecule has 0 radical (unpaired) electrons. The van der Waals surface area contributed by atoms with Gasteiger partial charge in [0.05, 0.1) is 6.61 Å². The van der Waals surface area contributed by atoms with Crippen LogP contribution < -0.4 is 10.0 Å². The summed E-state index contributed by atoms with van der Waals surface area (Å²) in [6, 6.07) is 6.02. The van der Waals surface area contributed by atoms with Crippen LogP contribution >= 0.6 is 7.82 Å². The molecule has 0 heterocycles. The second-order valence-corrected chi connectivity index (χ2v) is 6.82. The lowest BCUT2D eigenvalue weighted by Crippen LogP contribution is -2.24. The summed E-state index contributed by atoms with van der Waals surface area (Å²) in [4.78, 5) is 28.9. The van der Waals surface area contributed by atoms with Gasteiger partial charge in [-0.2, -0.15) is 0 Å². The lowest BCUT2D eigenvalue weighted by molar-refractivity contribution is 0.0952. The van der Waals surface area contributed by atoms with Gasteiger partial charge in [-0.05, 0) is 37.1 Å². The molecule has 1 atom stereocenters. The number of anilines is 1. The average molecular weight is 379 g/mol. The van der Waals surface area contributed by atoms with Gasteiger partial charge in [0.2, 0.25) is 0 Å². The van der Waals surface area contributed by atoms with Gasteiger partial charge in [-0.15, -0.1) is 0 Å². The van der Waals surface area contributed by atoms with Crippen LogP contribution in [0.15, 0.2) is 24.3 Å². The number of nitrogens with one attached hydrogen (secondary N) is 2. The highest BCUT2D eigenvalue weighted by Gasteiger charge is 2.12. The zero-order chi connectivity index (χ0) is 18.0. The van der Waals surface area contributed by atoms with E-state index in [1.807, 2.05) is 0 Å². The molecule has 1 aromatic rings. The summed E-state index contributed by atoms with van der Waals surface area (Å²) in [7, 11) is -4.38. The molecule has 0 bridgehead atoms. The number of unbranched alkanes of at least 4 members (excludes halogenated alkanes) is 3. The predicted octanol–water partition coefficient (Wildman–Crippen LogP) is 1.29. The third-order valence-electron chi connectivity index (χ3n) is 2.96. The molecule has 1 rings (SSSR count). The molecule has 136 valence electrons. The highest BCUT2D eigenvalue weighted by atomic mass is 32.2. The van der Waals surface area contributed by atoms with E-state index in [1.165, 1.54) is 24.3 Å². The Bertz CT molecular complexity index is 590. The van der Waals surface area contributed by atoms with Crippen LogP contribution in [0.3, 0.4) is 0 Å². The van der Waals surface area contributed by atoms with Crippen molar-refractivity contribution in [2.24, 2.45) is 0 Å². The van der Waals surface area contributed by atoms with Crippen molar-refractivity contribution in [3.63, 3.8) is 0 Å². The van der Waals surface area contributed by atoms with Crippen molar-refractivity contribution in [1.29, 1.82) is 0 Å². The normalized spacial score (nSPS) is 12.6. The fourth-order valence-corrected chi connectivity index (χ4v) is 2.55. The lowest BCUT2D eigenvalue weighted by Gasteiger charge is -2.09. The second kappa shape index (κ2) is 10.5. The van der Waals surface area contributed by atoms with Gasteiger partial charge in [0.25, 0.3) is 5.91 Å². The van der Waals surface area contributed by atoms with Gasteiger partial charge < -0.3 is 24.4 Å². The van der Waals surface area contributed by atoms with E-state index in [4.69, 9.17) is 9.79 Å². The topological polar surface area (TPSA) is 148 Å². The Balaban J connectivity index is 2.15. The highest BCUT2D eigenvalue weighted by molar-refractivity contribution is 7.80. The minimum Gasteiger partial charge on any atom is -0.755 e. The van der Waals surface area contributed by atoms with Gasteiger partial charge in [-0.1, -0.05) is 12.8 Å². The van der Waals surface area contributed by atoms with Gasteiger partial charge in [-0.3, -0.25) is 13.5 Å². The van der Waals surface area contributed by atoms with Crippen molar-refractivity contribution in [2.75, 3.05) is 17.9 Å². The van der Waals surface area contributed by atoms with E-state index in [1.54, 1.807) is 0 Å². The molecule has 0 saturated carbocycles. The van der Waals surface area contributed by atoms with E-state index in [-0.39, 0.29) is 12.5 Å². The van der Waals surface area contributed by atoms with Crippen LogP contribution in [0.1, 0.15) is 36.0 Å². The molecular weight excluding hydrogens is 359 g/mol. The monoisotopic (exact) mass is 379 g/mol. The van der Waals surface area contributed by atoms with Crippen LogP contribution in [-0.4, -0.2) is 37.6 Å². The van der Waals surface area contributed by atoms with Crippen molar-refractivity contribution >= 4 is 30.7 Å². The number of benzene rings is 1. The summed E-state index contributed by atoms with van der Waals surface area (Å²) in [6.45, 7) is 0.480. The van der Waals surface area contributed by atoms with E-state index in [9.17, 15) is 18.1 Å². The summed E-state index contributed by atoms with van der Waals surface area (Å²) in [5.74, 6) is -0.255. The number of carbonyl (C=O) groups is 1. The number of rotatable bonds is 11. The van der Waals surface area contributed by atoms with Gasteiger partial charge in [0.15, 0.2) is 0 Å². The number of hydrogen-bond acceptors (Lipinski definition) is 5. The molecule has 0 aliphatic heterocycles. The van der Waals surface area contributed by atoms with E-state index < -0.39 is 19.1 Å². The molecular formula is C13H20N2O7PS-. The van der Waals surface area contributed by atoms with Crippen molar-refractivity contribution in [3.05, 3.63) is 29.8 Å². The van der Waals surface area contributed by atoms with Crippen LogP contribution in [-0.2, 0) is 20.4 Å². The molecule has 4 N–H and O–H groups in total. The zero-order valence-electron chi connectivity index (χ0n) is 12.8. The van der Waals surface area contributed by atoms with E-state index in [2.05, 4.69) is 14.6 Å². The maximum atomic E-state index is 11.9. The minimum atomic E-state index is -4.38. The summed E-state index contributed by atoms with van der Waals surface area (Å²) in [5.41, 5.74) is 0.796. The Hall–Kier alpha value is -1.29. The Labute approximate surface area is 142 Å². The summed E-state index contributed by atoms with van der Waals surface area (Å²) < 4.78 is 37.9. The SMILES string of the molecule is O=C(NCCCCCCOP(=O)(O)O)c1ccc(NS(=O)[O-])cc1. The third kappa shape index (κ3) is 9.76. The summed E-state index contributed by atoms with van der Waals surface area (Å²) in [5, 5.41) is 2.74. The van der Waals surface area contributed by atoms with Crippen LogP contribution in [0.5, 0.6) is 0 Å². The molecule has 1 aromatic carbocycles. The Morgan fingerprint density at radius 2 is 1.79 bits per heavy atom. The van der Waals surface area contributed by atoms with Crippen molar-refractivity contribution in [3.8, 4) is 0 Å². The van der Waals surface area contributed by atoms with Gasteiger partial charge >= 0.3 is 7.82 Å². The first-order chi connectivity index (χ1) is 11.3. The molecule has 1 amide bonds. The fraction of sp³-hybridized carbons (Fsp3) is 0.462. The second-order valence-electron chi connectivity index (χ2n) is 4.91. The molecule has 24 heavy (non-hydrogen) atoms.